The summed E-state index contributed by atoms with van der Waals surface area (Å²) in [5.74, 6) is 0. The van der Waals surface area contributed by atoms with E-state index in [9.17, 15) is 0 Å². The summed E-state index contributed by atoms with van der Waals surface area (Å²) in [6, 6.07) is 94.6. The normalized spacial score (nSPS) is 11.5. The first-order chi connectivity index (χ1) is 33.7. The first kappa shape index (κ1) is 39.4. The molecule has 13 rings (SSSR count). The van der Waals surface area contributed by atoms with Crippen LogP contribution in [0.1, 0.15) is 0 Å². The van der Waals surface area contributed by atoms with Gasteiger partial charge in [0.25, 0.3) is 0 Å². The van der Waals surface area contributed by atoms with E-state index in [1.54, 1.807) is 0 Å². The Bertz CT molecular complexity index is 4010. The highest BCUT2D eigenvalue weighted by Gasteiger charge is 2.21. The molecule has 0 radical (unpaired) electrons. The summed E-state index contributed by atoms with van der Waals surface area (Å²) in [5.41, 5.74) is 16.5. The zero-order chi connectivity index (χ0) is 45.0. The van der Waals surface area contributed by atoms with Crippen molar-refractivity contribution < 1.29 is 4.42 Å². The van der Waals surface area contributed by atoms with Crippen LogP contribution < -0.4 is 4.90 Å². The van der Waals surface area contributed by atoms with E-state index >= 15 is 0 Å². The molecule has 0 spiro atoms. The van der Waals surface area contributed by atoms with E-state index in [4.69, 9.17) is 4.42 Å². The lowest BCUT2D eigenvalue weighted by molar-refractivity contribution is 0.670. The lowest BCUT2D eigenvalue weighted by Crippen LogP contribution is -2.11. The van der Waals surface area contributed by atoms with Gasteiger partial charge in [0.2, 0.25) is 0 Å². The van der Waals surface area contributed by atoms with Gasteiger partial charge in [-0.3, -0.25) is 0 Å². The van der Waals surface area contributed by atoms with Crippen molar-refractivity contribution in [2.24, 2.45) is 0 Å². The molecule has 0 N–H and O–H groups in total. The molecule has 0 unspecified atom stereocenters. The minimum absolute atomic E-state index is 0.890. The first-order valence-corrected chi connectivity index (χ1v) is 23.3. The van der Waals surface area contributed by atoms with Gasteiger partial charge >= 0.3 is 0 Å². The molecule has 0 saturated heterocycles. The van der Waals surface area contributed by atoms with Crippen LogP contribution in [-0.4, -0.2) is 0 Å². The summed E-state index contributed by atoms with van der Waals surface area (Å²) in [5, 5.41) is 9.70. The van der Waals surface area contributed by atoms with Crippen LogP contribution in [0.4, 0.5) is 17.1 Å². The monoisotopic (exact) mass is 865 g/mol. The van der Waals surface area contributed by atoms with Gasteiger partial charge in [0, 0.05) is 33.3 Å². The van der Waals surface area contributed by atoms with Gasteiger partial charge in [-0.15, -0.1) is 0 Å². The Morgan fingerprint density at radius 3 is 1.62 bits per heavy atom. The highest BCUT2D eigenvalue weighted by atomic mass is 16.3. The highest BCUT2D eigenvalue weighted by molar-refractivity contribution is 6.14. The van der Waals surface area contributed by atoms with Gasteiger partial charge in [-0.2, -0.15) is 0 Å². The fourth-order valence-corrected chi connectivity index (χ4v) is 10.4. The van der Waals surface area contributed by atoms with Crippen LogP contribution in [0.3, 0.4) is 0 Å². The van der Waals surface area contributed by atoms with Gasteiger partial charge in [-0.1, -0.05) is 218 Å². The number of hydrogen-bond acceptors (Lipinski definition) is 2. The molecule has 2 nitrogen and oxygen atoms in total. The Hall–Kier alpha value is -8.98. The fourth-order valence-electron chi connectivity index (χ4n) is 10.4. The molecule has 2 heteroatoms. The molecular weight excluding hydrogens is 823 g/mol. The molecule has 0 fully saturated rings. The van der Waals surface area contributed by atoms with Gasteiger partial charge in [0.1, 0.15) is 11.2 Å². The average molecular weight is 866 g/mol. The first-order valence-electron chi connectivity index (χ1n) is 23.3. The van der Waals surface area contributed by atoms with Crippen LogP contribution in [0.15, 0.2) is 265 Å². The number of nitrogens with zero attached hydrogens (tertiary/aromatic N) is 1. The number of para-hydroxylation sites is 2. The summed E-state index contributed by atoms with van der Waals surface area (Å²) in [6.45, 7) is 0. The number of furan rings is 1. The van der Waals surface area contributed by atoms with Crippen LogP contribution in [0.2, 0.25) is 0 Å². The largest absolute Gasteiger partial charge is 0.455 e. The topological polar surface area (TPSA) is 16.4 Å². The molecule has 0 saturated carbocycles. The Morgan fingerprint density at radius 1 is 0.250 bits per heavy atom. The van der Waals surface area contributed by atoms with Crippen LogP contribution in [0.25, 0.3) is 110 Å². The van der Waals surface area contributed by atoms with Crippen molar-refractivity contribution in [2.75, 3.05) is 4.90 Å². The molecule has 0 aliphatic carbocycles. The lowest BCUT2D eigenvalue weighted by atomic mass is 9.91. The van der Waals surface area contributed by atoms with E-state index in [1.165, 1.54) is 54.6 Å². The van der Waals surface area contributed by atoms with Gasteiger partial charge in [-0.05, 0) is 119 Å². The van der Waals surface area contributed by atoms with Crippen LogP contribution >= 0.6 is 0 Å². The van der Waals surface area contributed by atoms with Crippen molar-refractivity contribution >= 4 is 71.3 Å². The van der Waals surface area contributed by atoms with Gasteiger partial charge in [-0.25, -0.2) is 0 Å². The van der Waals surface area contributed by atoms with Crippen molar-refractivity contribution in [3.8, 4) is 55.6 Å². The maximum absolute atomic E-state index is 6.61. The van der Waals surface area contributed by atoms with E-state index in [-0.39, 0.29) is 0 Å². The predicted octanol–water partition coefficient (Wildman–Crippen LogP) is 18.9. The lowest BCUT2D eigenvalue weighted by Gasteiger charge is -2.29. The van der Waals surface area contributed by atoms with Crippen molar-refractivity contribution in [1.82, 2.24) is 0 Å². The third-order valence-electron chi connectivity index (χ3n) is 13.7. The second-order valence-corrected chi connectivity index (χ2v) is 17.6. The number of rotatable bonds is 8. The summed E-state index contributed by atoms with van der Waals surface area (Å²) < 4.78 is 6.61. The van der Waals surface area contributed by atoms with Crippen molar-refractivity contribution in [3.05, 3.63) is 261 Å². The predicted molar refractivity (Wildman–Crippen MR) is 288 cm³/mol. The Morgan fingerprint density at radius 2 is 0.794 bits per heavy atom. The highest BCUT2D eigenvalue weighted by Crippen LogP contribution is 2.46. The van der Waals surface area contributed by atoms with Crippen molar-refractivity contribution in [2.45, 2.75) is 0 Å². The molecule has 68 heavy (non-hydrogen) atoms. The smallest absolute Gasteiger partial charge is 0.143 e. The van der Waals surface area contributed by atoms with Gasteiger partial charge < -0.3 is 9.32 Å². The SMILES string of the molecule is c1ccc(-c2ccc(-c3cc4ccccc4c4ccccc34)cc2N(c2ccc(-c3ccc(-c4cccc5ccccc45)cc3)cc2)c2cccc(-c3cccc4c3oc3ccccc34)c2)cc1. The van der Waals surface area contributed by atoms with Crippen LogP contribution in [-0.2, 0) is 0 Å². The third-order valence-corrected chi connectivity index (χ3v) is 13.7. The molecule has 1 heterocycles. The summed E-state index contributed by atoms with van der Waals surface area (Å²) in [4.78, 5) is 2.44. The third kappa shape index (κ3) is 6.82. The van der Waals surface area contributed by atoms with E-state index in [0.29, 0.717) is 0 Å². The number of anilines is 3. The molecule has 0 bridgehead atoms. The summed E-state index contributed by atoms with van der Waals surface area (Å²) in [7, 11) is 0. The molecular formula is C66H43NO. The zero-order valence-corrected chi connectivity index (χ0v) is 37.2. The summed E-state index contributed by atoms with van der Waals surface area (Å²) in [6.07, 6.45) is 0. The average Bonchev–Trinajstić information content (AvgIpc) is 3.80. The number of benzene rings is 12. The van der Waals surface area contributed by atoms with E-state index in [2.05, 4.69) is 260 Å². The molecule has 0 aliphatic rings. The Labute approximate surface area is 395 Å². The summed E-state index contributed by atoms with van der Waals surface area (Å²) >= 11 is 0. The second-order valence-electron chi connectivity index (χ2n) is 17.6. The van der Waals surface area contributed by atoms with E-state index < -0.39 is 0 Å². The molecule has 13 aromatic rings. The molecule has 0 amide bonds. The molecule has 318 valence electrons. The Kier molecular flexibility index (Phi) is 9.54. The zero-order valence-electron chi connectivity index (χ0n) is 37.2. The maximum atomic E-state index is 6.61. The van der Waals surface area contributed by atoms with E-state index in [1.807, 2.05) is 6.07 Å². The van der Waals surface area contributed by atoms with Gasteiger partial charge in [0.15, 0.2) is 0 Å². The maximum Gasteiger partial charge on any atom is 0.143 e. The number of fused-ring (bicyclic) bond motifs is 7. The molecule has 1 aromatic heterocycles. The second kappa shape index (κ2) is 16.5. The Balaban J connectivity index is 0.991. The number of hydrogen-bond donors (Lipinski definition) is 0. The minimum Gasteiger partial charge on any atom is -0.455 e. The van der Waals surface area contributed by atoms with Gasteiger partial charge in [0.05, 0.1) is 5.69 Å². The quantitative estimate of drug-likeness (QED) is 0.142. The minimum atomic E-state index is 0.890. The molecule has 12 aromatic carbocycles. The molecule has 0 atom stereocenters. The molecule has 0 aliphatic heterocycles. The van der Waals surface area contributed by atoms with E-state index in [0.717, 1.165) is 72.4 Å². The van der Waals surface area contributed by atoms with Crippen LogP contribution in [0, 0.1) is 0 Å². The van der Waals surface area contributed by atoms with Crippen molar-refractivity contribution in [3.63, 3.8) is 0 Å². The van der Waals surface area contributed by atoms with Crippen molar-refractivity contribution in [1.29, 1.82) is 0 Å². The fraction of sp³-hybridized carbons (Fsp3) is 0. The standard InChI is InChI=1S/C66H43NO/c1-2-15-47(16-3-1)57-40-37-51(63-42-50-18-5-7-23-56(50)59-24-8-9-25-60(59)63)43-64(57)67(53-21-12-20-49(41-53)58-28-14-29-62-61-26-10-11-30-65(61)68-66(58)62)52-38-35-45(36-39-52)44-31-33-48(34-32-44)55-27-13-19-46-17-4-6-22-54(46)55/h1-43H. The van der Waals surface area contributed by atoms with Crippen LogP contribution in [0.5, 0.6) is 0 Å².